The molecule has 0 bridgehead atoms. The fourth-order valence-corrected chi connectivity index (χ4v) is 3.36. The summed E-state index contributed by atoms with van der Waals surface area (Å²) in [4.78, 5) is 43.3. The number of hydrogen-bond acceptors (Lipinski definition) is 5. The van der Waals surface area contributed by atoms with Gasteiger partial charge in [0.05, 0.1) is 13.0 Å². The molecule has 6 nitrogen and oxygen atoms in total. The van der Waals surface area contributed by atoms with Gasteiger partial charge >= 0.3 is 0 Å². The average Bonchev–Trinajstić information content (AvgIpc) is 2.75. The summed E-state index contributed by atoms with van der Waals surface area (Å²) < 4.78 is 0. The quantitative estimate of drug-likeness (QED) is 0.566. The van der Waals surface area contributed by atoms with Crippen molar-refractivity contribution in [3.05, 3.63) is 64.7 Å². The molecule has 2 aromatic rings. The van der Waals surface area contributed by atoms with Gasteiger partial charge in [0.2, 0.25) is 5.91 Å². The summed E-state index contributed by atoms with van der Waals surface area (Å²) in [7, 11) is 0. The lowest BCUT2D eigenvalue weighted by molar-refractivity contribution is -0.128. The first-order valence-corrected chi connectivity index (χ1v) is 10.1. The van der Waals surface area contributed by atoms with Gasteiger partial charge in [0.15, 0.2) is 17.7 Å². The highest BCUT2D eigenvalue weighted by Crippen LogP contribution is 2.22. The smallest absolute Gasteiger partial charge is 0.234 e. The number of rotatable bonds is 7. The van der Waals surface area contributed by atoms with Crippen LogP contribution in [-0.2, 0) is 16.1 Å². The van der Waals surface area contributed by atoms with Crippen LogP contribution in [0.5, 0.6) is 0 Å². The minimum absolute atomic E-state index is 0.0766. The highest BCUT2D eigenvalue weighted by atomic mass is 16.2. The monoisotopic (exact) mass is 405 g/mol. The van der Waals surface area contributed by atoms with Crippen molar-refractivity contribution in [2.24, 2.45) is 4.99 Å². The van der Waals surface area contributed by atoms with Crippen LogP contribution in [0.2, 0.25) is 0 Å². The molecule has 1 unspecified atom stereocenters. The summed E-state index contributed by atoms with van der Waals surface area (Å²) >= 11 is 0. The summed E-state index contributed by atoms with van der Waals surface area (Å²) in [5, 5.41) is 3.03. The van der Waals surface area contributed by atoms with Gasteiger partial charge in [-0.2, -0.15) is 0 Å². The average molecular weight is 405 g/mol. The number of nitrogens with zero attached hydrogens (tertiary/aromatic N) is 2. The van der Waals surface area contributed by atoms with Crippen LogP contribution >= 0.6 is 0 Å². The maximum Gasteiger partial charge on any atom is 0.234 e. The van der Waals surface area contributed by atoms with Crippen LogP contribution in [-0.4, -0.2) is 36.4 Å². The number of carbonyl (C=O) groups is 3. The minimum Gasteiger partial charge on any atom is -0.308 e. The molecule has 0 spiro atoms. The molecule has 0 radical (unpaired) electrons. The van der Waals surface area contributed by atoms with E-state index in [1.165, 1.54) is 12.5 Å². The van der Waals surface area contributed by atoms with Crippen molar-refractivity contribution in [1.82, 2.24) is 5.32 Å². The largest absolute Gasteiger partial charge is 0.308 e. The van der Waals surface area contributed by atoms with Crippen LogP contribution in [0.4, 0.5) is 5.69 Å². The van der Waals surface area contributed by atoms with E-state index >= 15 is 0 Å². The molecule has 0 aromatic heterocycles. The van der Waals surface area contributed by atoms with Gasteiger partial charge in [-0.3, -0.25) is 24.7 Å². The lowest BCUT2D eigenvalue weighted by Crippen LogP contribution is -2.41. The highest BCUT2D eigenvalue weighted by molar-refractivity contribution is 6.08. The molecule has 0 saturated carbocycles. The third-order valence-corrected chi connectivity index (χ3v) is 5.27. The lowest BCUT2D eigenvalue weighted by Gasteiger charge is -2.25. The van der Waals surface area contributed by atoms with Gasteiger partial charge in [-0.05, 0) is 56.0 Å². The Bertz CT molecular complexity index is 997. The lowest BCUT2D eigenvalue weighted by atomic mass is 10.0. The molecule has 1 atom stereocenters. The van der Waals surface area contributed by atoms with Crippen molar-refractivity contribution < 1.29 is 14.4 Å². The fourth-order valence-electron chi connectivity index (χ4n) is 3.36. The van der Waals surface area contributed by atoms with E-state index in [4.69, 9.17) is 0 Å². The number of hydrogen-bond donors (Lipinski definition) is 1. The number of benzene rings is 2. The Morgan fingerprint density at radius 3 is 2.57 bits per heavy atom. The van der Waals surface area contributed by atoms with E-state index in [1.54, 1.807) is 35.4 Å². The number of carbonyl (C=O) groups excluding carboxylic acids is 3. The summed E-state index contributed by atoms with van der Waals surface area (Å²) in [6.45, 7) is 6.54. The molecule has 0 fully saturated rings. The first-order valence-electron chi connectivity index (χ1n) is 10.1. The van der Waals surface area contributed by atoms with Crippen molar-refractivity contribution in [1.29, 1.82) is 0 Å². The Morgan fingerprint density at radius 1 is 1.10 bits per heavy atom. The second-order valence-corrected chi connectivity index (χ2v) is 7.63. The molecule has 2 aromatic carbocycles. The summed E-state index contributed by atoms with van der Waals surface area (Å²) in [6, 6.07) is 13.0. The predicted molar refractivity (Wildman–Crippen MR) is 118 cm³/mol. The molecule has 1 N–H and O–H groups in total. The van der Waals surface area contributed by atoms with Gasteiger partial charge in [0.1, 0.15) is 0 Å². The van der Waals surface area contributed by atoms with Gasteiger partial charge < -0.3 is 4.90 Å². The summed E-state index contributed by atoms with van der Waals surface area (Å²) in [5.41, 5.74) is 4.39. The van der Waals surface area contributed by atoms with E-state index in [0.29, 0.717) is 24.3 Å². The van der Waals surface area contributed by atoms with Crippen LogP contribution in [0.1, 0.15) is 46.8 Å². The Balaban J connectivity index is 1.88. The number of Topliss-reactive ketones (excluding diaryl/α,β-unsaturated/α-hetero) is 2. The molecule has 1 aliphatic heterocycles. The molecule has 6 heteroatoms. The number of aryl methyl sites for hydroxylation is 2. The Hall–Kier alpha value is -3.12. The molecule has 1 amide bonds. The molecule has 0 aliphatic carbocycles. The number of ketones is 2. The number of anilines is 1. The Labute approximate surface area is 177 Å². The van der Waals surface area contributed by atoms with Crippen LogP contribution in [0.3, 0.4) is 0 Å². The van der Waals surface area contributed by atoms with Crippen LogP contribution < -0.4 is 10.2 Å². The van der Waals surface area contributed by atoms with Crippen molar-refractivity contribution in [2.45, 2.75) is 46.3 Å². The zero-order valence-corrected chi connectivity index (χ0v) is 17.6. The molecule has 1 heterocycles. The zero-order valence-electron chi connectivity index (χ0n) is 17.6. The van der Waals surface area contributed by atoms with Gasteiger partial charge in [-0.15, -0.1) is 0 Å². The molecule has 30 heavy (non-hydrogen) atoms. The van der Waals surface area contributed by atoms with Crippen molar-refractivity contribution in [2.75, 3.05) is 11.4 Å². The third kappa shape index (κ3) is 5.27. The number of amides is 1. The van der Waals surface area contributed by atoms with Gasteiger partial charge in [-0.1, -0.05) is 30.3 Å². The van der Waals surface area contributed by atoms with E-state index in [-0.39, 0.29) is 23.9 Å². The van der Waals surface area contributed by atoms with E-state index in [2.05, 4.69) is 10.3 Å². The van der Waals surface area contributed by atoms with E-state index < -0.39 is 6.17 Å². The zero-order chi connectivity index (χ0) is 21.7. The fraction of sp³-hybridized carbons (Fsp3) is 0.333. The minimum atomic E-state index is -0.672. The van der Waals surface area contributed by atoms with Crippen LogP contribution in [0.25, 0.3) is 0 Å². The summed E-state index contributed by atoms with van der Waals surface area (Å²) in [5.74, 6) is -0.655. The molecule has 1 aliphatic rings. The van der Waals surface area contributed by atoms with Crippen molar-refractivity contribution in [3.8, 4) is 0 Å². The molecular weight excluding hydrogens is 378 g/mol. The second-order valence-electron chi connectivity index (χ2n) is 7.63. The standard InChI is InChI=1S/C24H27N3O3/c1-16-8-9-19(12-17(16)2)15-27(21-7-4-6-20(13-21)18(3)28)23(30)14-22(29)24-25-10-5-11-26-24/h4,6-10,12-13,24,26H,5,11,14-15H2,1-3H3. The summed E-state index contributed by atoms with van der Waals surface area (Å²) in [6.07, 6.45) is 1.56. The Kier molecular flexibility index (Phi) is 6.90. The second kappa shape index (κ2) is 9.59. The molecule has 0 saturated heterocycles. The van der Waals surface area contributed by atoms with Gasteiger partial charge in [0.25, 0.3) is 0 Å². The van der Waals surface area contributed by atoms with Crippen LogP contribution in [0.15, 0.2) is 47.5 Å². The van der Waals surface area contributed by atoms with E-state index in [1.807, 2.05) is 32.0 Å². The van der Waals surface area contributed by atoms with Gasteiger partial charge in [-0.25, -0.2) is 0 Å². The normalized spacial score (nSPS) is 15.6. The molecular formula is C24H27N3O3. The topological polar surface area (TPSA) is 78.8 Å². The Morgan fingerprint density at radius 2 is 1.90 bits per heavy atom. The molecule has 3 rings (SSSR count). The maximum atomic E-state index is 13.2. The number of nitrogens with one attached hydrogen (secondary N) is 1. The van der Waals surface area contributed by atoms with Crippen molar-refractivity contribution >= 4 is 29.4 Å². The maximum absolute atomic E-state index is 13.2. The SMILES string of the molecule is CC(=O)c1cccc(N(Cc2ccc(C)c(C)c2)C(=O)CC(=O)C2N=CCCN2)c1. The van der Waals surface area contributed by atoms with E-state index in [0.717, 1.165) is 17.5 Å². The van der Waals surface area contributed by atoms with E-state index in [9.17, 15) is 14.4 Å². The third-order valence-electron chi connectivity index (χ3n) is 5.27. The first-order chi connectivity index (χ1) is 14.3. The van der Waals surface area contributed by atoms with Crippen LogP contribution in [0, 0.1) is 13.8 Å². The first kappa shape index (κ1) is 21.6. The highest BCUT2D eigenvalue weighted by Gasteiger charge is 2.25. The van der Waals surface area contributed by atoms with Gasteiger partial charge in [0, 0.05) is 24.0 Å². The number of aliphatic imine (C=N–C) groups is 1. The predicted octanol–water partition coefficient (Wildman–Crippen LogP) is 3.39. The van der Waals surface area contributed by atoms with Crippen molar-refractivity contribution in [3.63, 3.8) is 0 Å². The molecule has 156 valence electrons.